The summed E-state index contributed by atoms with van der Waals surface area (Å²) in [4.78, 5) is 4.69. The number of ether oxygens (including phenoxy) is 1. The third-order valence-corrected chi connectivity index (χ3v) is 8.20. The van der Waals surface area contributed by atoms with Crippen molar-refractivity contribution in [2.24, 2.45) is 7.05 Å². The first-order valence-electron chi connectivity index (χ1n) is 8.22. The molecule has 2 aromatic heterocycles. The number of rotatable bonds is 1. The van der Waals surface area contributed by atoms with E-state index in [9.17, 15) is 0 Å². The zero-order valence-corrected chi connectivity index (χ0v) is 15.5. The molecule has 3 heterocycles. The highest BCUT2D eigenvalue weighted by Gasteiger charge is 2.41. The average Bonchev–Trinajstić information content (AvgIpc) is 2.56. The van der Waals surface area contributed by atoms with Gasteiger partial charge in [-0.2, -0.15) is 0 Å². The van der Waals surface area contributed by atoms with Crippen LogP contribution in [0.5, 0.6) is 11.5 Å². The van der Waals surface area contributed by atoms with Crippen LogP contribution in [0.2, 0.25) is 13.1 Å². The number of hydrogen-bond acceptors (Lipinski definition) is 2. The first kappa shape index (κ1) is 15.1. The van der Waals surface area contributed by atoms with Gasteiger partial charge in [-0.15, -0.1) is 0 Å². The molecule has 1 aromatic carbocycles. The van der Waals surface area contributed by atoms with Gasteiger partial charge in [0.15, 0.2) is 6.20 Å². The highest BCUT2D eigenvalue weighted by Crippen LogP contribution is 2.33. The Balaban J connectivity index is 2.06. The molecule has 0 radical (unpaired) electrons. The number of aryl methyl sites for hydroxylation is 2. The number of fused-ring (bicyclic) bond motifs is 2. The molecule has 3 aromatic rings. The van der Waals surface area contributed by atoms with Gasteiger partial charge < -0.3 is 4.74 Å². The molecule has 24 heavy (non-hydrogen) atoms. The predicted molar refractivity (Wildman–Crippen MR) is 98.9 cm³/mol. The van der Waals surface area contributed by atoms with Crippen molar-refractivity contribution in [3.63, 3.8) is 0 Å². The molecule has 4 heteroatoms. The maximum Gasteiger partial charge on any atom is 0.212 e. The van der Waals surface area contributed by atoms with Crippen LogP contribution in [0.15, 0.2) is 54.9 Å². The summed E-state index contributed by atoms with van der Waals surface area (Å²) in [6, 6.07) is 14.6. The normalized spacial score (nSPS) is 14.5. The van der Waals surface area contributed by atoms with Crippen LogP contribution in [0.4, 0.5) is 0 Å². The van der Waals surface area contributed by atoms with E-state index in [-0.39, 0.29) is 0 Å². The first-order chi connectivity index (χ1) is 11.5. The van der Waals surface area contributed by atoms with Crippen LogP contribution >= 0.6 is 0 Å². The van der Waals surface area contributed by atoms with E-state index in [1.165, 1.54) is 22.0 Å². The summed E-state index contributed by atoms with van der Waals surface area (Å²) >= 11 is 0. The lowest BCUT2D eigenvalue weighted by molar-refractivity contribution is -0.660. The monoisotopic (exact) mass is 333 g/mol. The van der Waals surface area contributed by atoms with Crippen molar-refractivity contribution in [3.8, 4) is 22.8 Å². The molecule has 3 nitrogen and oxygen atoms in total. The molecule has 0 saturated carbocycles. The third-order valence-electron chi connectivity index (χ3n) is 4.89. The first-order valence-corrected chi connectivity index (χ1v) is 11.2. The Morgan fingerprint density at radius 3 is 2.62 bits per heavy atom. The molecule has 4 rings (SSSR count). The molecule has 0 aliphatic carbocycles. The molecule has 120 valence electrons. The van der Waals surface area contributed by atoms with E-state index in [2.05, 4.69) is 73.1 Å². The summed E-state index contributed by atoms with van der Waals surface area (Å²) in [5.41, 5.74) is 3.79. The van der Waals surface area contributed by atoms with E-state index in [1.54, 1.807) is 0 Å². The summed E-state index contributed by atoms with van der Waals surface area (Å²) in [6.07, 6.45) is 3.97. The van der Waals surface area contributed by atoms with E-state index in [0.29, 0.717) is 0 Å². The fourth-order valence-corrected chi connectivity index (χ4v) is 6.77. The summed E-state index contributed by atoms with van der Waals surface area (Å²) in [6.45, 7) is 6.92. The van der Waals surface area contributed by atoms with Crippen molar-refractivity contribution in [3.05, 3.63) is 60.4 Å². The molecule has 0 saturated heterocycles. The fraction of sp³-hybridized carbons (Fsp3) is 0.200. The Kier molecular flexibility index (Phi) is 3.32. The molecule has 0 spiro atoms. The molecule has 0 amide bonds. The summed E-state index contributed by atoms with van der Waals surface area (Å²) in [5, 5.41) is 2.47. The van der Waals surface area contributed by atoms with E-state index in [1.807, 2.05) is 18.3 Å². The molecule has 0 bridgehead atoms. The van der Waals surface area contributed by atoms with Crippen LogP contribution in [-0.4, -0.2) is 13.1 Å². The van der Waals surface area contributed by atoms with Crippen LogP contribution in [0.3, 0.4) is 0 Å². The number of benzene rings is 1. The van der Waals surface area contributed by atoms with Crippen LogP contribution in [0.1, 0.15) is 5.56 Å². The summed E-state index contributed by atoms with van der Waals surface area (Å²) in [5.74, 6) is 1.89. The van der Waals surface area contributed by atoms with Gasteiger partial charge in [0.1, 0.15) is 26.6 Å². The second kappa shape index (κ2) is 5.28. The SMILES string of the molecule is Cc1ccc2c(c1-c1cccc[n+]1C)[Si](C)(C)c1ncccc1O2. The van der Waals surface area contributed by atoms with E-state index < -0.39 is 8.07 Å². The highest BCUT2D eigenvalue weighted by molar-refractivity contribution is 7.02. The lowest BCUT2D eigenvalue weighted by atomic mass is 10.0. The van der Waals surface area contributed by atoms with Gasteiger partial charge in [-0.05, 0) is 36.8 Å². The number of aromatic nitrogens is 2. The zero-order chi connectivity index (χ0) is 16.9. The summed E-state index contributed by atoms with van der Waals surface area (Å²) in [7, 11) is 0.133. The minimum atomic E-state index is -1.96. The quantitative estimate of drug-likeness (QED) is 0.506. The Morgan fingerprint density at radius 2 is 1.83 bits per heavy atom. The van der Waals surface area contributed by atoms with Crippen molar-refractivity contribution in [1.82, 2.24) is 4.98 Å². The van der Waals surface area contributed by atoms with E-state index in [4.69, 9.17) is 4.74 Å². The Bertz CT molecular complexity index is 950. The fourth-order valence-electron chi connectivity index (χ4n) is 3.69. The highest BCUT2D eigenvalue weighted by atomic mass is 28.3. The second-order valence-corrected chi connectivity index (χ2v) is 11.1. The maximum atomic E-state index is 6.23. The van der Waals surface area contributed by atoms with Crippen molar-refractivity contribution in [2.75, 3.05) is 0 Å². The van der Waals surface area contributed by atoms with E-state index in [0.717, 1.165) is 16.8 Å². The molecule has 0 fully saturated rings. The van der Waals surface area contributed by atoms with Crippen molar-refractivity contribution in [2.45, 2.75) is 20.0 Å². The maximum absolute atomic E-state index is 6.23. The standard InChI is InChI=1S/C20H21N2OSi/c1-14-10-11-16-19(18(14)15-8-5-6-13-22(15)2)24(3,4)20-17(23-16)9-7-12-21-20/h5-13H,1-4H3/q+1. The van der Waals surface area contributed by atoms with Gasteiger partial charge in [0.25, 0.3) is 0 Å². The van der Waals surface area contributed by atoms with Gasteiger partial charge in [-0.25, -0.2) is 4.57 Å². The van der Waals surface area contributed by atoms with Crippen LogP contribution in [0, 0.1) is 6.92 Å². The van der Waals surface area contributed by atoms with Crippen molar-refractivity contribution < 1.29 is 9.30 Å². The Morgan fingerprint density at radius 1 is 1.00 bits per heavy atom. The van der Waals surface area contributed by atoms with Crippen molar-refractivity contribution in [1.29, 1.82) is 0 Å². The number of pyridine rings is 2. The largest absolute Gasteiger partial charge is 0.456 e. The minimum Gasteiger partial charge on any atom is -0.456 e. The molecule has 0 unspecified atom stereocenters. The van der Waals surface area contributed by atoms with Crippen molar-refractivity contribution >= 4 is 18.6 Å². The molecule has 0 atom stereocenters. The molecule has 1 aliphatic heterocycles. The van der Waals surface area contributed by atoms with Gasteiger partial charge >= 0.3 is 0 Å². The van der Waals surface area contributed by atoms with Crippen LogP contribution in [-0.2, 0) is 7.05 Å². The van der Waals surface area contributed by atoms with Gasteiger partial charge in [0.2, 0.25) is 5.69 Å². The lowest BCUT2D eigenvalue weighted by Crippen LogP contribution is -2.58. The topological polar surface area (TPSA) is 26.0 Å². The van der Waals surface area contributed by atoms with Gasteiger partial charge in [0.05, 0.1) is 10.9 Å². The van der Waals surface area contributed by atoms with Crippen LogP contribution in [0.25, 0.3) is 11.3 Å². The smallest absolute Gasteiger partial charge is 0.212 e. The van der Waals surface area contributed by atoms with E-state index >= 15 is 0 Å². The average molecular weight is 333 g/mol. The summed E-state index contributed by atoms with van der Waals surface area (Å²) < 4.78 is 8.41. The predicted octanol–water partition coefficient (Wildman–Crippen LogP) is 2.81. The van der Waals surface area contributed by atoms with Gasteiger partial charge in [-0.1, -0.05) is 19.2 Å². The molecule has 0 N–H and O–H groups in total. The second-order valence-electron chi connectivity index (χ2n) is 6.90. The third kappa shape index (κ3) is 2.10. The molecule has 1 aliphatic rings. The molecular weight excluding hydrogens is 312 g/mol. The van der Waals surface area contributed by atoms with Crippen LogP contribution < -0.4 is 19.8 Å². The Labute approximate surface area is 143 Å². The van der Waals surface area contributed by atoms with Gasteiger partial charge in [-0.3, -0.25) is 4.98 Å². The number of hydrogen-bond donors (Lipinski definition) is 0. The molecular formula is C20H21N2OSi+. The minimum absolute atomic E-state index is 0.911. The number of nitrogens with zero attached hydrogens (tertiary/aromatic N) is 2. The lowest BCUT2D eigenvalue weighted by Gasteiger charge is -2.33. The van der Waals surface area contributed by atoms with Gasteiger partial charge in [0, 0.05) is 23.5 Å². The zero-order valence-electron chi connectivity index (χ0n) is 14.5. The Hall–Kier alpha value is -2.46.